The van der Waals surface area contributed by atoms with Gasteiger partial charge in [-0.15, -0.1) is 6.42 Å². The van der Waals surface area contributed by atoms with E-state index >= 15 is 0 Å². The van der Waals surface area contributed by atoms with Gasteiger partial charge in [-0.2, -0.15) is 0 Å². The molecule has 0 bridgehead atoms. The Morgan fingerprint density at radius 1 is 1.40 bits per heavy atom. The number of anilines is 1. The van der Waals surface area contributed by atoms with Gasteiger partial charge in [0, 0.05) is 17.3 Å². The molecule has 1 aromatic rings. The van der Waals surface area contributed by atoms with Crippen LogP contribution in [-0.4, -0.2) is 6.04 Å². The van der Waals surface area contributed by atoms with Gasteiger partial charge in [0.15, 0.2) is 0 Å². The summed E-state index contributed by atoms with van der Waals surface area (Å²) in [5, 5.41) is 3.55. The molecule has 1 N–H and O–H groups in total. The van der Waals surface area contributed by atoms with Gasteiger partial charge in [-0.3, -0.25) is 0 Å². The van der Waals surface area contributed by atoms with Crippen LogP contribution in [0.25, 0.3) is 0 Å². The fraction of sp³-hybridized carbons (Fsp3) is 0.429. The van der Waals surface area contributed by atoms with E-state index in [0.717, 1.165) is 17.2 Å². The maximum Gasteiger partial charge on any atom is 0.0354 e. The van der Waals surface area contributed by atoms with Crippen molar-refractivity contribution in [1.82, 2.24) is 0 Å². The maximum atomic E-state index is 5.37. The summed E-state index contributed by atoms with van der Waals surface area (Å²) in [6.07, 6.45) is 9.27. The van der Waals surface area contributed by atoms with Crippen LogP contribution >= 0.6 is 0 Å². The number of terminal acetylenes is 1. The highest BCUT2D eigenvalue weighted by Crippen LogP contribution is 2.27. The lowest BCUT2D eigenvalue weighted by Gasteiger charge is -2.14. The molecular weight excluding hydrogens is 182 g/mol. The molecule has 1 heteroatoms. The topological polar surface area (TPSA) is 12.0 Å². The van der Waals surface area contributed by atoms with Crippen LogP contribution in [0.5, 0.6) is 0 Å². The third kappa shape index (κ3) is 2.53. The van der Waals surface area contributed by atoms with E-state index in [-0.39, 0.29) is 0 Å². The van der Waals surface area contributed by atoms with Gasteiger partial charge in [-0.05, 0) is 43.4 Å². The van der Waals surface area contributed by atoms with Crippen LogP contribution in [-0.2, 0) is 0 Å². The monoisotopic (exact) mass is 199 g/mol. The van der Waals surface area contributed by atoms with Crippen molar-refractivity contribution >= 4 is 5.69 Å². The lowest BCUT2D eigenvalue weighted by molar-refractivity contribution is 0.602. The zero-order valence-electron chi connectivity index (χ0n) is 9.16. The molecule has 0 heterocycles. The molecule has 0 aromatic heterocycles. The molecule has 15 heavy (non-hydrogen) atoms. The van der Waals surface area contributed by atoms with Crippen molar-refractivity contribution in [3.63, 3.8) is 0 Å². The van der Waals surface area contributed by atoms with Crippen molar-refractivity contribution in [2.45, 2.75) is 32.2 Å². The smallest absolute Gasteiger partial charge is 0.0354 e. The Morgan fingerprint density at radius 2 is 2.27 bits per heavy atom. The van der Waals surface area contributed by atoms with Gasteiger partial charge in [0.05, 0.1) is 0 Å². The number of hydrogen-bond donors (Lipinski definition) is 1. The van der Waals surface area contributed by atoms with Gasteiger partial charge >= 0.3 is 0 Å². The molecule has 0 radical (unpaired) electrons. The summed E-state index contributed by atoms with van der Waals surface area (Å²) in [7, 11) is 0. The predicted octanol–water partition coefficient (Wildman–Crippen LogP) is 3.27. The van der Waals surface area contributed by atoms with Crippen molar-refractivity contribution in [1.29, 1.82) is 0 Å². The van der Waals surface area contributed by atoms with E-state index in [4.69, 9.17) is 6.42 Å². The van der Waals surface area contributed by atoms with Gasteiger partial charge in [0.1, 0.15) is 0 Å². The van der Waals surface area contributed by atoms with Gasteiger partial charge in [0.2, 0.25) is 0 Å². The average Bonchev–Trinajstić information content (AvgIpc) is 2.64. The van der Waals surface area contributed by atoms with Crippen LogP contribution in [0.3, 0.4) is 0 Å². The average molecular weight is 199 g/mol. The van der Waals surface area contributed by atoms with Crippen LogP contribution in [0.1, 0.15) is 31.7 Å². The molecular formula is C14H17N. The molecule has 0 unspecified atom stereocenters. The Balaban J connectivity index is 2.02. The van der Waals surface area contributed by atoms with Crippen LogP contribution in [0, 0.1) is 18.3 Å². The van der Waals surface area contributed by atoms with Gasteiger partial charge in [0.25, 0.3) is 0 Å². The molecule has 0 spiro atoms. The van der Waals surface area contributed by atoms with Crippen molar-refractivity contribution in [2.75, 3.05) is 5.32 Å². The Hall–Kier alpha value is -1.42. The lowest BCUT2D eigenvalue weighted by Crippen LogP contribution is -2.15. The molecule has 1 fully saturated rings. The Labute approximate surface area is 91.9 Å². The minimum absolute atomic E-state index is 0.632. The molecule has 2 rings (SSSR count). The predicted molar refractivity (Wildman–Crippen MR) is 64.8 cm³/mol. The van der Waals surface area contributed by atoms with Crippen molar-refractivity contribution < 1.29 is 0 Å². The summed E-state index contributed by atoms with van der Waals surface area (Å²) in [5.74, 6) is 3.52. The second-order valence-corrected chi connectivity index (χ2v) is 4.48. The second kappa shape index (κ2) is 4.40. The van der Waals surface area contributed by atoms with Crippen LogP contribution < -0.4 is 5.32 Å². The van der Waals surface area contributed by atoms with Crippen molar-refractivity contribution in [3.8, 4) is 12.3 Å². The van der Waals surface area contributed by atoms with Crippen LogP contribution in [0.4, 0.5) is 5.69 Å². The Kier molecular flexibility index (Phi) is 2.97. The molecule has 1 aliphatic rings. The highest BCUT2D eigenvalue weighted by molar-refractivity contribution is 5.50. The molecule has 1 aliphatic carbocycles. The highest BCUT2D eigenvalue weighted by atomic mass is 14.9. The lowest BCUT2D eigenvalue weighted by atomic mass is 10.1. The first-order valence-electron chi connectivity index (χ1n) is 5.61. The Bertz CT molecular complexity index is 375. The summed E-state index contributed by atoms with van der Waals surface area (Å²) >= 11 is 0. The van der Waals surface area contributed by atoms with E-state index in [1.54, 1.807) is 0 Å². The fourth-order valence-electron chi connectivity index (χ4n) is 2.27. The first kappa shape index (κ1) is 10.1. The molecule has 0 amide bonds. The van der Waals surface area contributed by atoms with E-state index in [0.29, 0.717) is 6.04 Å². The fourth-order valence-corrected chi connectivity index (χ4v) is 2.27. The third-order valence-electron chi connectivity index (χ3n) is 3.09. The van der Waals surface area contributed by atoms with Crippen molar-refractivity contribution in [2.24, 2.45) is 5.92 Å². The number of rotatable bonds is 2. The van der Waals surface area contributed by atoms with E-state index in [9.17, 15) is 0 Å². The summed E-state index contributed by atoms with van der Waals surface area (Å²) in [6, 6.07) is 8.73. The number of nitrogens with one attached hydrogen (secondary N) is 1. The van der Waals surface area contributed by atoms with Gasteiger partial charge in [-0.25, -0.2) is 0 Å². The molecule has 78 valence electrons. The quantitative estimate of drug-likeness (QED) is 0.721. The first-order valence-corrected chi connectivity index (χ1v) is 5.61. The SMILES string of the molecule is C#Cc1cccc(N[C@@H]2CC[C@@H](C)C2)c1. The molecule has 1 saturated carbocycles. The minimum Gasteiger partial charge on any atom is -0.382 e. The molecule has 0 saturated heterocycles. The second-order valence-electron chi connectivity index (χ2n) is 4.48. The molecule has 2 atom stereocenters. The molecule has 1 aromatic carbocycles. The van der Waals surface area contributed by atoms with E-state index < -0.39 is 0 Å². The number of benzene rings is 1. The molecule has 0 aliphatic heterocycles. The van der Waals surface area contributed by atoms with Crippen LogP contribution in [0.2, 0.25) is 0 Å². The summed E-state index contributed by atoms with van der Waals surface area (Å²) in [4.78, 5) is 0. The summed E-state index contributed by atoms with van der Waals surface area (Å²) in [5.41, 5.74) is 2.11. The normalized spacial score (nSPS) is 24.8. The zero-order chi connectivity index (χ0) is 10.7. The number of hydrogen-bond acceptors (Lipinski definition) is 1. The third-order valence-corrected chi connectivity index (χ3v) is 3.09. The summed E-state index contributed by atoms with van der Waals surface area (Å²) in [6.45, 7) is 2.32. The Morgan fingerprint density at radius 3 is 2.93 bits per heavy atom. The van der Waals surface area contributed by atoms with Crippen LogP contribution in [0.15, 0.2) is 24.3 Å². The molecule has 1 nitrogen and oxygen atoms in total. The van der Waals surface area contributed by atoms with E-state index in [2.05, 4.69) is 24.2 Å². The standard InChI is InChI=1S/C14H17N/c1-3-12-5-4-6-13(10-12)15-14-8-7-11(2)9-14/h1,4-6,10-11,14-15H,7-9H2,2H3/t11-,14-/m1/s1. The van der Waals surface area contributed by atoms with Crippen molar-refractivity contribution in [3.05, 3.63) is 29.8 Å². The summed E-state index contributed by atoms with van der Waals surface area (Å²) < 4.78 is 0. The highest BCUT2D eigenvalue weighted by Gasteiger charge is 2.20. The zero-order valence-corrected chi connectivity index (χ0v) is 9.16. The van der Waals surface area contributed by atoms with Gasteiger partial charge < -0.3 is 5.32 Å². The van der Waals surface area contributed by atoms with E-state index in [1.165, 1.54) is 19.3 Å². The maximum absolute atomic E-state index is 5.37. The first-order chi connectivity index (χ1) is 7.28. The van der Waals surface area contributed by atoms with Gasteiger partial charge in [-0.1, -0.05) is 18.9 Å². The largest absolute Gasteiger partial charge is 0.382 e. The minimum atomic E-state index is 0.632. The van der Waals surface area contributed by atoms with E-state index in [1.807, 2.05) is 18.2 Å².